The molecule has 0 aliphatic carbocycles. The van der Waals surface area contributed by atoms with Crippen LogP contribution in [0, 0.1) is 6.92 Å². The number of nitrogens with one attached hydrogen (secondary N) is 1. The van der Waals surface area contributed by atoms with E-state index in [2.05, 4.69) is 22.1 Å². The molecule has 180 valence electrons. The minimum absolute atomic E-state index is 0.202. The summed E-state index contributed by atoms with van der Waals surface area (Å²) in [7, 11) is 1.62. The molecule has 0 atom stereocenters. The summed E-state index contributed by atoms with van der Waals surface area (Å²) in [5.74, 6) is -0.378. The number of nitrogens with zero attached hydrogens (tertiary/aromatic N) is 4. The maximum absolute atomic E-state index is 12.9. The Balaban J connectivity index is 2.36. The molecular weight excluding hydrogens is 424 g/mol. The zero-order chi connectivity index (χ0) is 24.4. The summed E-state index contributed by atoms with van der Waals surface area (Å²) >= 11 is 0. The monoisotopic (exact) mass is 458 g/mol. The number of aryl methyl sites for hydroxylation is 2. The number of ether oxygens (including phenoxy) is 2. The van der Waals surface area contributed by atoms with Crippen LogP contribution >= 0.6 is 0 Å². The maximum Gasteiger partial charge on any atom is 0.270 e. The van der Waals surface area contributed by atoms with Crippen LogP contribution in [-0.4, -0.2) is 61.8 Å². The highest BCUT2D eigenvalue weighted by Crippen LogP contribution is 2.39. The van der Waals surface area contributed by atoms with E-state index in [0.717, 1.165) is 12.1 Å². The van der Waals surface area contributed by atoms with Crippen LogP contribution in [0.3, 0.4) is 0 Å². The fourth-order valence-electron chi connectivity index (χ4n) is 3.44. The Hall–Kier alpha value is -3.40. The van der Waals surface area contributed by atoms with Gasteiger partial charge in [-0.2, -0.15) is 5.10 Å². The molecule has 10 nitrogen and oxygen atoms in total. The smallest absolute Gasteiger partial charge is 0.270 e. The third kappa shape index (κ3) is 6.79. The van der Waals surface area contributed by atoms with E-state index in [9.17, 15) is 9.59 Å². The first-order valence-corrected chi connectivity index (χ1v) is 11.0. The zero-order valence-electron chi connectivity index (χ0n) is 19.9. The predicted molar refractivity (Wildman–Crippen MR) is 129 cm³/mol. The highest BCUT2D eigenvalue weighted by atomic mass is 16.5. The highest BCUT2D eigenvalue weighted by Gasteiger charge is 2.21. The minimum Gasteiger partial charge on any atom is -0.491 e. The number of methoxy groups -OCH3 is 1. The average Bonchev–Trinajstić information content (AvgIpc) is 3.19. The van der Waals surface area contributed by atoms with Crippen molar-refractivity contribution < 1.29 is 19.1 Å². The van der Waals surface area contributed by atoms with Crippen LogP contribution in [0.25, 0.3) is 0 Å². The molecule has 2 rings (SSSR count). The predicted octanol–water partition coefficient (Wildman–Crippen LogP) is 2.66. The lowest BCUT2D eigenvalue weighted by Crippen LogP contribution is -2.39. The quantitative estimate of drug-likeness (QED) is 0.255. The van der Waals surface area contributed by atoms with Gasteiger partial charge in [0.1, 0.15) is 17.1 Å². The number of amides is 2. The van der Waals surface area contributed by atoms with E-state index in [1.54, 1.807) is 30.0 Å². The van der Waals surface area contributed by atoms with Crippen LogP contribution in [0.2, 0.25) is 0 Å². The van der Waals surface area contributed by atoms with Gasteiger partial charge in [0.2, 0.25) is 5.91 Å². The first kappa shape index (κ1) is 25.9. The summed E-state index contributed by atoms with van der Waals surface area (Å²) in [6, 6.07) is 4.93. The molecule has 1 aromatic heterocycles. The van der Waals surface area contributed by atoms with Gasteiger partial charge >= 0.3 is 0 Å². The SMILES string of the molecule is C=Nc1cc(C(N)=O)cc(OCCCOC)c1N(CCC)CNC(=O)c1cc(C)nn1CC. The van der Waals surface area contributed by atoms with Gasteiger partial charge in [-0.05, 0) is 45.2 Å². The Morgan fingerprint density at radius 2 is 2.03 bits per heavy atom. The highest BCUT2D eigenvalue weighted by molar-refractivity contribution is 5.97. The largest absolute Gasteiger partial charge is 0.491 e. The molecule has 0 unspecified atom stereocenters. The minimum atomic E-state index is -0.591. The van der Waals surface area contributed by atoms with Crippen molar-refractivity contribution in [2.45, 2.75) is 40.2 Å². The molecule has 33 heavy (non-hydrogen) atoms. The van der Waals surface area contributed by atoms with Crippen molar-refractivity contribution in [2.24, 2.45) is 10.7 Å². The molecule has 2 amide bonds. The van der Waals surface area contributed by atoms with Gasteiger partial charge in [0.25, 0.3) is 5.91 Å². The second-order valence-corrected chi connectivity index (χ2v) is 7.47. The van der Waals surface area contributed by atoms with Gasteiger partial charge in [-0.25, -0.2) is 0 Å². The molecule has 0 aliphatic rings. The molecule has 0 saturated carbocycles. The fraction of sp³-hybridized carbons (Fsp3) is 0.478. The van der Waals surface area contributed by atoms with Crippen molar-refractivity contribution in [2.75, 3.05) is 38.4 Å². The van der Waals surface area contributed by atoms with Crippen LogP contribution in [0.5, 0.6) is 5.75 Å². The van der Waals surface area contributed by atoms with Crippen molar-refractivity contribution >= 4 is 29.9 Å². The number of rotatable bonds is 14. The van der Waals surface area contributed by atoms with Gasteiger partial charge in [0, 0.05) is 38.8 Å². The number of aliphatic imine (C=N–C) groups is 1. The molecule has 0 fully saturated rings. The fourth-order valence-corrected chi connectivity index (χ4v) is 3.44. The van der Waals surface area contributed by atoms with E-state index in [1.165, 1.54) is 0 Å². The van der Waals surface area contributed by atoms with E-state index in [-0.39, 0.29) is 18.1 Å². The molecule has 0 bridgehead atoms. The zero-order valence-corrected chi connectivity index (χ0v) is 19.9. The Morgan fingerprint density at radius 3 is 2.64 bits per heavy atom. The van der Waals surface area contributed by atoms with E-state index >= 15 is 0 Å². The summed E-state index contributed by atoms with van der Waals surface area (Å²) < 4.78 is 12.7. The summed E-state index contributed by atoms with van der Waals surface area (Å²) in [4.78, 5) is 30.8. The lowest BCUT2D eigenvalue weighted by atomic mass is 10.1. The van der Waals surface area contributed by atoms with Crippen LogP contribution in [-0.2, 0) is 11.3 Å². The number of nitrogens with two attached hydrogens (primary N) is 1. The number of benzene rings is 1. The first-order valence-electron chi connectivity index (χ1n) is 11.0. The summed E-state index contributed by atoms with van der Waals surface area (Å²) in [6.07, 6.45) is 1.47. The van der Waals surface area contributed by atoms with Crippen LogP contribution < -0.4 is 20.7 Å². The molecular formula is C23H34N6O4. The first-order chi connectivity index (χ1) is 15.9. The van der Waals surface area contributed by atoms with Crippen molar-refractivity contribution in [3.63, 3.8) is 0 Å². The number of hydrogen-bond donors (Lipinski definition) is 2. The van der Waals surface area contributed by atoms with Crippen LogP contribution in [0.1, 0.15) is 53.2 Å². The number of primary amides is 1. The number of hydrogen-bond acceptors (Lipinski definition) is 7. The molecule has 1 aromatic carbocycles. The number of aromatic nitrogens is 2. The van der Waals surface area contributed by atoms with E-state index < -0.39 is 5.91 Å². The van der Waals surface area contributed by atoms with Gasteiger partial charge in [0.15, 0.2) is 0 Å². The van der Waals surface area contributed by atoms with Gasteiger partial charge < -0.3 is 25.4 Å². The second kappa shape index (κ2) is 12.6. The van der Waals surface area contributed by atoms with Crippen molar-refractivity contribution in [3.8, 4) is 5.75 Å². The number of carbonyl (C=O) groups excluding carboxylic acids is 2. The third-order valence-corrected chi connectivity index (χ3v) is 4.93. The summed E-state index contributed by atoms with van der Waals surface area (Å²) in [5, 5.41) is 7.29. The molecule has 3 N–H and O–H groups in total. The Labute approximate surface area is 194 Å². The molecule has 2 aromatic rings. The van der Waals surface area contributed by atoms with Crippen molar-refractivity contribution in [3.05, 3.63) is 35.2 Å². The van der Waals surface area contributed by atoms with Crippen LogP contribution in [0.4, 0.5) is 11.4 Å². The lowest BCUT2D eigenvalue weighted by molar-refractivity contribution is 0.0941. The number of anilines is 1. The molecule has 1 heterocycles. The van der Waals surface area contributed by atoms with E-state index in [4.69, 9.17) is 15.2 Å². The molecule has 0 saturated heterocycles. The average molecular weight is 459 g/mol. The van der Waals surface area contributed by atoms with Gasteiger partial charge in [-0.1, -0.05) is 6.92 Å². The number of carbonyl (C=O) groups is 2. The Bertz CT molecular complexity index is 972. The topological polar surface area (TPSA) is 124 Å². The van der Waals surface area contributed by atoms with E-state index in [0.29, 0.717) is 55.5 Å². The molecule has 10 heteroatoms. The third-order valence-electron chi connectivity index (χ3n) is 4.93. The van der Waals surface area contributed by atoms with Crippen molar-refractivity contribution in [1.82, 2.24) is 15.1 Å². The van der Waals surface area contributed by atoms with Gasteiger partial charge in [0.05, 0.1) is 24.7 Å². The Kier molecular flexibility index (Phi) is 9.86. The van der Waals surface area contributed by atoms with Gasteiger partial charge in [-0.15, -0.1) is 0 Å². The summed E-state index contributed by atoms with van der Waals surface area (Å²) in [6.45, 7) is 11.8. The maximum atomic E-state index is 12.9. The molecule has 0 aliphatic heterocycles. The van der Waals surface area contributed by atoms with E-state index in [1.807, 2.05) is 25.7 Å². The van der Waals surface area contributed by atoms with Crippen molar-refractivity contribution in [1.29, 1.82) is 0 Å². The normalized spacial score (nSPS) is 10.7. The standard InChI is InChI=1S/C23H34N6O4/c1-6-9-28(15-26-23(31)19-12-16(3)27-29(19)7-2)21-18(25-4)13-17(22(24)30)14-20(21)33-11-8-10-32-5/h12-14H,4,6-11,15H2,1-3,5H3,(H2,24,30)(H,26,31). The van der Waals surface area contributed by atoms with Crippen LogP contribution in [0.15, 0.2) is 23.2 Å². The molecule has 0 radical (unpaired) electrons. The molecule has 0 spiro atoms. The van der Waals surface area contributed by atoms with Gasteiger partial charge in [-0.3, -0.25) is 19.3 Å². The summed E-state index contributed by atoms with van der Waals surface area (Å²) in [5.41, 5.74) is 8.13. The second-order valence-electron chi connectivity index (χ2n) is 7.47. The Morgan fingerprint density at radius 1 is 1.27 bits per heavy atom. The lowest BCUT2D eigenvalue weighted by Gasteiger charge is -2.28.